The lowest BCUT2D eigenvalue weighted by molar-refractivity contribution is -0.136. The Bertz CT molecular complexity index is 2280. The van der Waals surface area contributed by atoms with Gasteiger partial charge in [0, 0.05) is 13.0 Å². The molecule has 2 aliphatic heterocycles. The molecule has 26 heteroatoms. The lowest BCUT2D eigenvalue weighted by Crippen LogP contribution is -2.61. The average Bonchev–Trinajstić information content (AvgIpc) is 3.74. The lowest BCUT2D eigenvalue weighted by atomic mass is 10.00. The van der Waals surface area contributed by atoms with Crippen molar-refractivity contribution in [2.75, 3.05) is 39.4 Å². The highest BCUT2D eigenvalue weighted by Crippen LogP contribution is 2.18. The molecule has 412 valence electrons. The second-order valence-electron chi connectivity index (χ2n) is 18.7. The number of nitrogens with zero attached hydrogens (tertiary/aromatic N) is 1. The Balaban J connectivity index is 1.72. The van der Waals surface area contributed by atoms with Crippen LogP contribution in [-0.2, 0) is 60.9 Å². The summed E-state index contributed by atoms with van der Waals surface area (Å²) in [6, 6.07) is 4.12. The first-order valence-corrected chi connectivity index (χ1v) is 24.9. The number of amides is 10. The predicted molar refractivity (Wildman–Crippen MR) is 270 cm³/mol. The number of benzene rings is 2. The van der Waals surface area contributed by atoms with Crippen LogP contribution in [0.1, 0.15) is 64.0 Å². The third-order valence-corrected chi connectivity index (χ3v) is 12.2. The van der Waals surface area contributed by atoms with Crippen LogP contribution in [0.5, 0.6) is 0 Å². The van der Waals surface area contributed by atoms with Gasteiger partial charge in [-0.1, -0.05) is 74.5 Å². The molecule has 0 saturated carbocycles. The zero-order valence-corrected chi connectivity index (χ0v) is 42.4. The van der Waals surface area contributed by atoms with Gasteiger partial charge in [-0.25, -0.2) is 4.79 Å². The summed E-state index contributed by atoms with van der Waals surface area (Å²) in [5, 5.41) is 43.9. The minimum absolute atomic E-state index is 0.0210. The first kappa shape index (κ1) is 60.3. The number of aliphatic hydroxyl groups excluding tert-OH is 2. The van der Waals surface area contributed by atoms with E-state index in [1.165, 1.54) is 6.92 Å². The molecule has 0 unspecified atom stereocenters. The van der Waals surface area contributed by atoms with Crippen LogP contribution in [0, 0.1) is 5.92 Å². The summed E-state index contributed by atoms with van der Waals surface area (Å²) < 4.78 is 5.13. The van der Waals surface area contributed by atoms with Gasteiger partial charge in [0.25, 0.3) is 0 Å². The first-order valence-electron chi connectivity index (χ1n) is 24.9. The number of cyclic esters (lactones) is 1. The predicted octanol–water partition coefficient (Wildman–Crippen LogP) is -4.89. The molecule has 0 bridgehead atoms. The Morgan fingerprint density at radius 3 is 1.67 bits per heavy atom. The van der Waals surface area contributed by atoms with E-state index in [-0.39, 0.29) is 70.8 Å². The highest BCUT2D eigenvalue weighted by atomic mass is 16.6. The number of nitrogens with two attached hydrogens (primary N) is 3. The molecule has 0 aromatic heterocycles. The highest BCUT2D eigenvalue weighted by molar-refractivity contribution is 5.99. The van der Waals surface area contributed by atoms with E-state index in [2.05, 4.69) is 47.9 Å². The minimum atomic E-state index is -1.72. The summed E-state index contributed by atoms with van der Waals surface area (Å²) >= 11 is 0. The van der Waals surface area contributed by atoms with Crippen molar-refractivity contribution in [1.82, 2.24) is 52.8 Å². The van der Waals surface area contributed by atoms with Crippen LogP contribution in [-0.4, -0.2) is 174 Å². The van der Waals surface area contributed by atoms with Crippen molar-refractivity contribution < 1.29 is 62.9 Å². The van der Waals surface area contributed by atoms with Gasteiger partial charge in [-0.15, -0.1) is 0 Å². The maximum Gasteiger partial charge on any atom is 0.410 e. The summed E-state index contributed by atoms with van der Waals surface area (Å²) in [4.78, 5) is 140. The molecule has 0 aliphatic carbocycles. The maximum absolute atomic E-state index is 14.3. The fourth-order valence-electron chi connectivity index (χ4n) is 8.16. The van der Waals surface area contributed by atoms with E-state index in [1.807, 2.05) is 0 Å². The molecular weight excluding hydrogens is 979 g/mol. The van der Waals surface area contributed by atoms with Crippen LogP contribution in [0.2, 0.25) is 0 Å². The Morgan fingerprint density at radius 1 is 0.667 bits per heavy atom. The van der Waals surface area contributed by atoms with Crippen LogP contribution < -0.4 is 65.1 Å². The topological polar surface area (TPSA) is 410 Å². The van der Waals surface area contributed by atoms with Gasteiger partial charge in [-0.3, -0.25) is 48.1 Å². The largest absolute Gasteiger partial charge is 0.447 e. The van der Waals surface area contributed by atoms with E-state index in [4.69, 9.17) is 21.9 Å². The number of nitrogens with one attached hydrogen (secondary N) is 9. The molecule has 10 amide bonds. The number of carbonyl (C=O) groups excluding carboxylic acids is 10. The molecule has 2 aromatic rings. The molecule has 10 atom stereocenters. The normalized spacial score (nSPS) is 24.7. The van der Waals surface area contributed by atoms with Crippen LogP contribution in [0.4, 0.5) is 4.79 Å². The Hall–Kier alpha value is -7.26. The molecule has 17 N–H and O–H groups in total. The van der Waals surface area contributed by atoms with Crippen LogP contribution in [0.25, 0.3) is 0 Å². The molecule has 26 nitrogen and oxygen atoms in total. The lowest BCUT2D eigenvalue weighted by Gasteiger charge is -2.28. The van der Waals surface area contributed by atoms with Gasteiger partial charge in [0.1, 0.15) is 61.0 Å². The van der Waals surface area contributed by atoms with Gasteiger partial charge < -0.3 is 80.0 Å². The van der Waals surface area contributed by atoms with Gasteiger partial charge in [0.2, 0.25) is 53.2 Å². The SMILES string of the molecule is CC(C)C[C@@H]1NC(=O)[C@@H](Cc2ccccc2)NC(=O)[C@H](CCN)NC(=O)[C@@H](NC(=O)[C@@H](CO)NC(=O)[C@@H]2COC(=O)N2Cc2ccccc2)CCNC(=O)[C@H]([C@@H](C)O)NC(=O)[C@H](CCN)NC(=O)[C@H](CCN)NC1=O. The maximum atomic E-state index is 14.3. The number of hydrogen-bond donors (Lipinski definition) is 14. The van der Waals surface area contributed by atoms with Crippen molar-refractivity contribution in [3.8, 4) is 0 Å². The van der Waals surface area contributed by atoms with E-state index in [0.717, 1.165) is 4.90 Å². The summed E-state index contributed by atoms with van der Waals surface area (Å²) in [5.41, 5.74) is 18.8. The van der Waals surface area contributed by atoms with Crippen LogP contribution >= 0.6 is 0 Å². The van der Waals surface area contributed by atoms with E-state index in [9.17, 15) is 58.2 Å². The molecular formula is C49H73N13O13. The quantitative estimate of drug-likeness (QED) is 0.0666. The van der Waals surface area contributed by atoms with Gasteiger partial charge in [0.05, 0.1) is 19.3 Å². The fraction of sp³-hybridized carbons (Fsp3) is 0.551. The molecule has 2 aromatic carbocycles. The van der Waals surface area contributed by atoms with Crippen molar-refractivity contribution >= 4 is 59.3 Å². The highest BCUT2D eigenvalue weighted by Gasteiger charge is 2.41. The fourth-order valence-corrected chi connectivity index (χ4v) is 8.16. The standard InChI is InChI=1S/C49H73N13O13/c1-27(2)22-35-44(69)56-31(14-18-50)40(65)55-33(16-20-52)43(68)61-39(28(3)64)48(73)53-21-17-34(42(67)54-32(15-19-51)41(66)59-36(45(70)58-35)23-29-10-6-4-7-11-29)57-46(71)37(25-63)60-47(72)38-26-75-49(74)62(38)24-30-12-8-5-9-13-30/h4-13,27-28,31-39,63-64H,14-26,50-52H2,1-3H3,(H,53,73)(H,54,67)(H,55,65)(H,56,69)(H,57,71)(H,58,70)(H,59,66)(H,60,72)(H,61,68)/t28-,31+,32+,33+,34+,35+,36-,37-,38+,39+/m1/s1. The summed E-state index contributed by atoms with van der Waals surface area (Å²) in [5.74, 6) is -8.48. The third kappa shape index (κ3) is 18.6. The smallest absolute Gasteiger partial charge is 0.410 e. The van der Waals surface area contributed by atoms with E-state index < -0.39 is 139 Å². The number of aliphatic hydroxyl groups is 2. The average molecular weight is 1050 g/mol. The van der Waals surface area contributed by atoms with Crippen molar-refractivity contribution in [2.45, 2.75) is 126 Å². The molecule has 75 heavy (non-hydrogen) atoms. The number of hydrogen-bond acceptors (Lipinski definition) is 16. The molecule has 2 aliphatic rings. The summed E-state index contributed by atoms with van der Waals surface area (Å²) in [7, 11) is 0. The van der Waals surface area contributed by atoms with Gasteiger partial charge in [-0.05, 0) is 75.7 Å². The van der Waals surface area contributed by atoms with Crippen molar-refractivity contribution in [2.24, 2.45) is 23.1 Å². The molecule has 0 spiro atoms. The van der Waals surface area contributed by atoms with Gasteiger partial charge in [0.15, 0.2) is 0 Å². The van der Waals surface area contributed by atoms with Gasteiger partial charge in [-0.2, -0.15) is 0 Å². The van der Waals surface area contributed by atoms with Crippen LogP contribution in [0.3, 0.4) is 0 Å². The van der Waals surface area contributed by atoms with Gasteiger partial charge >= 0.3 is 6.09 Å². The molecule has 4 rings (SSSR count). The van der Waals surface area contributed by atoms with E-state index in [1.54, 1.807) is 74.5 Å². The molecule has 0 radical (unpaired) electrons. The monoisotopic (exact) mass is 1050 g/mol. The van der Waals surface area contributed by atoms with Crippen molar-refractivity contribution in [1.29, 1.82) is 0 Å². The van der Waals surface area contributed by atoms with Crippen molar-refractivity contribution in [3.05, 3.63) is 71.8 Å². The minimum Gasteiger partial charge on any atom is -0.447 e. The second kappa shape index (κ2) is 30.2. The van der Waals surface area contributed by atoms with E-state index >= 15 is 0 Å². The molecule has 2 saturated heterocycles. The Kier molecular flexibility index (Phi) is 24.3. The third-order valence-electron chi connectivity index (χ3n) is 12.2. The second-order valence-corrected chi connectivity index (χ2v) is 18.7. The first-order chi connectivity index (χ1) is 35.8. The summed E-state index contributed by atoms with van der Waals surface area (Å²) in [6.07, 6.45) is -3.33. The van der Waals surface area contributed by atoms with Crippen LogP contribution in [0.15, 0.2) is 60.7 Å². The zero-order valence-electron chi connectivity index (χ0n) is 42.4. The van der Waals surface area contributed by atoms with E-state index in [0.29, 0.717) is 11.1 Å². The number of ether oxygens (including phenoxy) is 1. The number of rotatable bonds is 18. The Labute approximate surface area is 434 Å². The zero-order chi connectivity index (χ0) is 55.2. The molecule has 2 heterocycles. The van der Waals surface area contributed by atoms with Crippen molar-refractivity contribution in [3.63, 3.8) is 0 Å². The Morgan fingerprint density at radius 2 is 1.15 bits per heavy atom. The molecule has 2 fully saturated rings. The number of carbonyl (C=O) groups is 10. The summed E-state index contributed by atoms with van der Waals surface area (Å²) in [6.45, 7) is 2.53.